The summed E-state index contributed by atoms with van der Waals surface area (Å²) in [6, 6.07) is 0. The van der Waals surface area contributed by atoms with E-state index in [4.69, 9.17) is 21.4 Å². The Morgan fingerprint density at radius 2 is 2.05 bits per heavy atom. The average molecular weight is 287 g/mol. The van der Waals surface area contributed by atoms with Crippen molar-refractivity contribution in [1.82, 2.24) is 4.98 Å². The minimum atomic E-state index is -1.19. The van der Waals surface area contributed by atoms with E-state index < -0.39 is 17.7 Å². The number of rotatable bonds is 3. The van der Waals surface area contributed by atoms with Gasteiger partial charge in [0.25, 0.3) is 0 Å². The fourth-order valence-electron chi connectivity index (χ4n) is 1.37. The smallest absolute Gasteiger partial charge is 0.412 e. The van der Waals surface area contributed by atoms with Crippen molar-refractivity contribution in [3.63, 3.8) is 0 Å². The van der Waals surface area contributed by atoms with E-state index in [1.165, 1.54) is 12.4 Å². The van der Waals surface area contributed by atoms with Gasteiger partial charge in [-0.25, -0.2) is 9.59 Å². The predicted octanol–water partition coefficient (Wildman–Crippen LogP) is 2.87. The number of carbonyl (C=O) groups is 2. The van der Waals surface area contributed by atoms with Crippen molar-refractivity contribution in [1.29, 1.82) is 0 Å². The van der Waals surface area contributed by atoms with Crippen molar-refractivity contribution in [2.45, 2.75) is 32.3 Å². The molecule has 0 aromatic carbocycles. The molecule has 0 saturated heterocycles. The molecule has 0 radical (unpaired) electrons. The molecule has 0 saturated carbocycles. The molecule has 0 unspecified atom stereocenters. The van der Waals surface area contributed by atoms with Gasteiger partial charge in [-0.3, -0.25) is 10.3 Å². The Hall–Kier alpha value is -1.82. The van der Waals surface area contributed by atoms with Crippen LogP contribution in [0, 0.1) is 0 Å². The van der Waals surface area contributed by atoms with Crippen molar-refractivity contribution < 1.29 is 19.4 Å². The van der Waals surface area contributed by atoms with Gasteiger partial charge in [-0.2, -0.15) is 0 Å². The number of hydrogen-bond donors (Lipinski definition) is 2. The number of nitrogens with zero attached hydrogens (tertiary/aromatic N) is 1. The fourth-order valence-corrected chi connectivity index (χ4v) is 1.57. The second kappa shape index (κ2) is 5.88. The van der Waals surface area contributed by atoms with Crippen LogP contribution in [0.15, 0.2) is 12.4 Å². The lowest BCUT2D eigenvalue weighted by Gasteiger charge is -2.20. The Kier molecular flexibility index (Phi) is 4.72. The lowest BCUT2D eigenvalue weighted by Crippen LogP contribution is -2.28. The van der Waals surface area contributed by atoms with Gasteiger partial charge in [0.1, 0.15) is 5.60 Å². The number of carboxylic acids is 1. The number of pyridine rings is 1. The summed E-state index contributed by atoms with van der Waals surface area (Å²) in [6.45, 7) is 5.12. The number of carboxylic acid groups (broad SMARTS) is 1. The van der Waals surface area contributed by atoms with Crippen LogP contribution in [-0.2, 0) is 10.6 Å². The van der Waals surface area contributed by atoms with E-state index in [1.807, 2.05) is 0 Å². The third-order valence-corrected chi connectivity index (χ3v) is 2.31. The maximum atomic E-state index is 11.6. The molecule has 0 fully saturated rings. The standard InChI is InChI=1S/C12H15ClN2O4/c1-12(2,3)19-11(18)15-8-6-14-5-7(4-13)9(8)10(16)17/h5-6H,4H2,1-3H3,(H,15,18)(H,16,17). The molecule has 0 aliphatic heterocycles. The second-order valence-electron chi connectivity index (χ2n) is 4.79. The third kappa shape index (κ3) is 4.40. The molecule has 1 aromatic rings. The number of amides is 1. The minimum Gasteiger partial charge on any atom is -0.478 e. The molecule has 2 N–H and O–H groups in total. The van der Waals surface area contributed by atoms with Gasteiger partial charge in [0, 0.05) is 17.6 Å². The zero-order chi connectivity index (χ0) is 14.6. The topological polar surface area (TPSA) is 88.5 Å². The molecule has 1 amide bonds. The molecule has 1 heterocycles. The number of aromatic carboxylic acids is 1. The van der Waals surface area contributed by atoms with Crippen molar-refractivity contribution in [2.24, 2.45) is 0 Å². The van der Waals surface area contributed by atoms with Crippen LogP contribution in [0.5, 0.6) is 0 Å². The van der Waals surface area contributed by atoms with Gasteiger partial charge in [0.2, 0.25) is 0 Å². The number of aromatic nitrogens is 1. The molecule has 0 atom stereocenters. The van der Waals surface area contributed by atoms with Gasteiger partial charge in [-0.15, -0.1) is 11.6 Å². The minimum absolute atomic E-state index is 0.0154. The van der Waals surface area contributed by atoms with Gasteiger partial charge >= 0.3 is 12.1 Å². The van der Waals surface area contributed by atoms with Crippen molar-refractivity contribution in [2.75, 3.05) is 5.32 Å². The van der Waals surface area contributed by atoms with Crippen LogP contribution in [0.4, 0.5) is 10.5 Å². The molecule has 19 heavy (non-hydrogen) atoms. The highest BCUT2D eigenvalue weighted by atomic mass is 35.5. The summed E-state index contributed by atoms with van der Waals surface area (Å²) >= 11 is 5.64. The summed E-state index contributed by atoms with van der Waals surface area (Å²) in [6.07, 6.45) is 1.84. The van der Waals surface area contributed by atoms with E-state index >= 15 is 0 Å². The van der Waals surface area contributed by atoms with Gasteiger partial charge < -0.3 is 9.84 Å². The summed E-state index contributed by atoms with van der Waals surface area (Å²) in [4.78, 5) is 26.6. The summed E-state index contributed by atoms with van der Waals surface area (Å²) in [5.41, 5.74) is -0.385. The van der Waals surface area contributed by atoms with E-state index in [0.29, 0.717) is 5.56 Å². The molecule has 0 bridgehead atoms. The Morgan fingerprint density at radius 3 is 2.53 bits per heavy atom. The summed E-state index contributed by atoms with van der Waals surface area (Å²) < 4.78 is 5.05. The number of nitrogens with one attached hydrogen (secondary N) is 1. The van der Waals surface area contributed by atoms with Gasteiger partial charge in [0.05, 0.1) is 17.4 Å². The van der Waals surface area contributed by atoms with Crippen LogP contribution >= 0.6 is 11.6 Å². The molecular weight excluding hydrogens is 272 g/mol. The van der Waals surface area contributed by atoms with Crippen LogP contribution < -0.4 is 5.32 Å². The number of ether oxygens (including phenoxy) is 1. The first-order valence-corrected chi connectivity index (χ1v) is 6.04. The highest BCUT2D eigenvalue weighted by molar-refractivity contribution is 6.18. The highest BCUT2D eigenvalue weighted by Crippen LogP contribution is 2.21. The molecule has 104 valence electrons. The quantitative estimate of drug-likeness (QED) is 0.834. The lowest BCUT2D eigenvalue weighted by molar-refractivity contribution is 0.0636. The normalized spacial score (nSPS) is 10.9. The summed E-state index contributed by atoms with van der Waals surface area (Å²) in [7, 11) is 0. The highest BCUT2D eigenvalue weighted by Gasteiger charge is 2.20. The van der Waals surface area contributed by atoms with E-state index in [1.54, 1.807) is 20.8 Å². The maximum absolute atomic E-state index is 11.6. The molecule has 7 heteroatoms. The van der Waals surface area contributed by atoms with E-state index in [0.717, 1.165) is 0 Å². The maximum Gasteiger partial charge on any atom is 0.412 e. The Labute approximate surface area is 115 Å². The molecule has 1 rings (SSSR count). The average Bonchev–Trinajstić information content (AvgIpc) is 2.25. The Balaban J connectivity index is 3.01. The van der Waals surface area contributed by atoms with Crippen LogP contribution in [0.3, 0.4) is 0 Å². The lowest BCUT2D eigenvalue weighted by atomic mass is 10.1. The fraction of sp³-hybridized carbons (Fsp3) is 0.417. The molecule has 6 nitrogen and oxygen atoms in total. The van der Waals surface area contributed by atoms with E-state index in [9.17, 15) is 9.59 Å². The summed E-state index contributed by atoms with van der Waals surface area (Å²) in [5.74, 6) is -1.21. The number of halogens is 1. The van der Waals surface area contributed by atoms with Gasteiger partial charge in [-0.05, 0) is 20.8 Å². The first-order valence-electron chi connectivity index (χ1n) is 5.50. The molecular formula is C12H15ClN2O4. The number of hydrogen-bond acceptors (Lipinski definition) is 4. The molecule has 0 spiro atoms. The SMILES string of the molecule is CC(C)(C)OC(=O)Nc1cncc(CCl)c1C(=O)O. The number of alkyl halides is 1. The third-order valence-electron chi connectivity index (χ3n) is 2.02. The van der Waals surface area contributed by atoms with Crippen LogP contribution in [0.2, 0.25) is 0 Å². The molecule has 0 aliphatic carbocycles. The van der Waals surface area contributed by atoms with E-state index in [2.05, 4.69) is 10.3 Å². The van der Waals surface area contributed by atoms with Crippen LogP contribution in [-0.4, -0.2) is 27.8 Å². The first kappa shape index (κ1) is 15.2. The zero-order valence-electron chi connectivity index (χ0n) is 10.9. The molecule has 1 aromatic heterocycles. The predicted molar refractivity (Wildman–Crippen MR) is 70.6 cm³/mol. The monoisotopic (exact) mass is 286 g/mol. The number of carbonyl (C=O) groups excluding carboxylic acids is 1. The Bertz CT molecular complexity index is 497. The van der Waals surface area contributed by atoms with Crippen molar-refractivity contribution in [3.8, 4) is 0 Å². The zero-order valence-corrected chi connectivity index (χ0v) is 11.6. The van der Waals surface area contributed by atoms with Crippen LogP contribution in [0.25, 0.3) is 0 Å². The van der Waals surface area contributed by atoms with Crippen LogP contribution in [0.1, 0.15) is 36.7 Å². The Morgan fingerprint density at radius 1 is 1.42 bits per heavy atom. The van der Waals surface area contributed by atoms with E-state index in [-0.39, 0.29) is 17.1 Å². The summed E-state index contributed by atoms with van der Waals surface area (Å²) in [5, 5.41) is 11.5. The molecule has 0 aliphatic rings. The largest absolute Gasteiger partial charge is 0.478 e. The number of anilines is 1. The second-order valence-corrected chi connectivity index (χ2v) is 5.05. The first-order chi connectivity index (χ1) is 8.74. The van der Waals surface area contributed by atoms with Gasteiger partial charge in [0.15, 0.2) is 0 Å². The van der Waals surface area contributed by atoms with Crippen molar-refractivity contribution in [3.05, 3.63) is 23.5 Å². The van der Waals surface area contributed by atoms with Gasteiger partial charge in [-0.1, -0.05) is 0 Å². The van der Waals surface area contributed by atoms with Crippen molar-refractivity contribution >= 4 is 29.4 Å².